The van der Waals surface area contributed by atoms with E-state index in [0.29, 0.717) is 11.9 Å². The van der Waals surface area contributed by atoms with Gasteiger partial charge in [-0.15, -0.1) is 0 Å². The van der Waals surface area contributed by atoms with Crippen LogP contribution in [-0.2, 0) is 0 Å². The van der Waals surface area contributed by atoms with Crippen molar-refractivity contribution in [3.63, 3.8) is 0 Å². The van der Waals surface area contributed by atoms with Crippen molar-refractivity contribution in [2.45, 2.75) is 38.6 Å². The molecule has 0 saturated heterocycles. The molecule has 0 radical (unpaired) electrons. The quantitative estimate of drug-likeness (QED) is 0.810. The molecule has 0 N–H and O–H groups in total. The first-order chi connectivity index (χ1) is 8.77. The molecule has 0 aromatic carbocycles. The van der Waals surface area contributed by atoms with Crippen molar-refractivity contribution in [1.82, 2.24) is 19.3 Å². The second kappa shape index (κ2) is 4.40. The van der Waals surface area contributed by atoms with E-state index in [9.17, 15) is 4.79 Å². The van der Waals surface area contributed by atoms with Crippen LogP contribution in [0, 0.1) is 6.92 Å². The highest BCUT2D eigenvalue weighted by Gasteiger charge is 2.22. The van der Waals surface area contributed by atoms with Crippen LogP contribution in [0.3, 0.4) is 0 Å². The van der Waals surface area contributed by atoms with Crippen molar-refractivity contribution in [2.75, 3.05) is 0 Å². The molecule has 1 saturated carbocycles. The minimum atomic E-state index is 0.0602. The van der Waals surface area contributed by atoms with Crippen molar-refractivity contribution in [2.24, 2.45) is 0 Å². The molecule has 1 fully saturated rings. The van der Waals surface area contributed by atoms with Gasteiger partial charge in [0.25, 0.3) is 5.56 Å². The van der Waals surface area contributed by atoms with Crippen LogP contribution in [0.1, 0.15) is 37.4 Å². The van der Waals surface area contributed by atoms with Crippen LogP contribution in [0.5, 0.6) is 0 Å². The molecular weight excluding hydrogens is 228 g/mol. The van der Waals surface area contributed by atoms with E-state index in [1.165, 1.54) is 12.8 Å². The van der Waals surface area contributed by atoms with Crippen molar-refractivity contribution >= 4 is 0 Å². The van der Waals surface area contributed by atoms with Crippen molar-refractivity contribution in [3.05, 3.63) is 40.7 Å². The summed E-state index contributed by atoms with van der Waals surface area (Å²) in [5.41, 5.74) is 0.970. The summed E-state index contributed by atoms with van der Waals surface area (Å²) in [6.45, 7) is 1.93. The van der Waals surface area contributed by atoms with Gasteiger partial charge in [0, 0.05) is 24.2 Å². The molecule has 1 aliphatic carbocycles. The highest BCUT2D eigenvalue weighted by Crippen LogP contribution is 2.29. The predicted molar refractivity (Wildman–Crippen MR) is 67.9 cm³/mol. The Morgan fingerprint density at radius 2 is 2.06 bits per heavy atom. The maximum atomic E-state index is 12.1. The van der Waals surface area contributed by atoms with Gasteiger partial charge in [-0.2, -0.15) is 0 Å². The van der Waals surface area contributed by atoms with Crippen LogP contribution in [0.15, 0.2) is 29.5 Å². The second-order valence-electron chi connectivity index (χ2n) is 4.78. The molecule has 0 bridgehead atoms. The number of hydrogen-bond donors (Lipinski definition) is 0. The summed E-state index contributed by atoms with van der Waals surface area (Å²) >= 11 is 0. The van der Waals surface area contributed by atoms with Gasteiger partial charge in [-0.1, -0.05) is 12.8 Å². The summed E-state index contributed by atoms with van der Waals surface area (Å²) in [5, 5.41) is 0. The fourth-order valence-electron chi connectivity index (χ4n) is 2.76. The fraction of sp³-hybridized carbons (Fsp3) is 0.462. The minimum Gasteiger partial charge on any atom is -0.268 e. The molecule has 2 aromatic heterocycles. The van der Waals surface area contributed by atoms with Gasteiger partial charge in [-0.05, 0) is 19.8 Å². The molecule has 5 heteroatoms. The van der Waals surface area contributed by atoms with E-state index in [-0.39, 0.29) is 5.56 Å². The highest BCUT2D eigenvalue weighted by atomic mass is 16.1. The fourth-order valence-corrected chi connectivity index (χ4v) is 2.76. The summed E-state index contributed by atoms with van der Waals surface area (Å²) in [6.07, 6.45) is 9.52. The molecule has 0 atom stereocenters. The Morgan fingerprint density at radius 1 is 1.28 bits per heavy atom. The lowest BCUT2D eigenvalue weighted by atomic mass is 10.3. The van der Waals surface area contributed by atoms with E-state index in [2.05, 4.69) is 9.97 Å². The van der Waals surface area contributed by atoms with E-state index in [0.717, 1.165) is 18.5 Å². The van der Waals surface area contributed by atoms with E-state index in [4.69, 9.17) is 0 Å². The Hall–Kier alpha value is -1.91. The van der Waals surface area contributed by atoms with Crippen LogP contribution in [0.25, 0.3) is 5.82 Å². The summed E-state index contributed by atoms with van der Waals surface area (Å²) < 4.78 is 3.73. The monoisotopic (exact) mass is 244 g/mol. The molecule has 94 valence electrons. The Kier molecular flexibility index (Phi) is 2.74. The summed E-state index contributed by atoms with van der Waals surface area (Å²) in [6, 6.07) is 1.97. The van der Waals surface area contributed by atoms with E-state index >= 15 is 0 Å². The smallest absolute Gasteiger partial charge is 0.267 e. The van der Waals surface area contributed by atoms with Gasteiger partial charge in [0.2, 0.25) is 0 Å². The summed E-state index contributed by atoms with van der Waals surface area (Å²) in [4.78, 5) is 20.5. The van der Waals surface area contributed by atoms with Crippen LogP contribution < -0.4 is 5.56 Å². The lowest BCUT2D eigenvalue weighted by molar-refractivity contribution is 0.411. The Labute approximate surface area is 105 Å². The predicted octanol–water partition coefficient (Wildman–Crippen LogP) is 1.85. The van der Waals surface area contributed by atoms with Gasteiger partial charge in [0.15, 0.2) is 5.82 Å². The third-order valence-electron chi connectivity index (χ3n) is 3.54. The first kappa shape index (κ1) is 11.2. The first-order valence-electron chi connectivity index (χ1n) is 6.35. The molecule has 2 aromatic rings. The van der Waals surface area contributed by atoms with Crippen molar-refractivity contribution in [3.8, 4) is 5.82 Å². The van der Waals surface area contributed by atoms with E-state index in [1.54, 1.807) is 24.7 Å². The van der Waals surface area contributed by atoms with Gasteiger partial charge >= 0.3 is 0 Å². The minimum absolute atomic E-state index is 0.0602. The number of nitrogens with zero attached hydrogens (tertiary/aromatic N) is 4. The molecule has 0 aliphatic heterocycles. The zero-order chi connectivity index (χ0) is 12.5. The van der Waals surface area contributed by atoms with Gasteiger partial charge in [-0.25, -0.2) is 14.3 Å². The van der Waals surface area contributed by atoms with Crippen LogP contribution in [-0.4, -0.2) is 19.3 Å². The largest absolute Gasteiger partial charge is 0.268 e. The maximum Gasteiger partial charge on any atom is 0.267 e. The topological polar surface area (TPSA) is 52.7 Å². The molecule has 5 nitrogen and oxygen atoms in total. The normalized spacial score (nSPS) is 16.3. The van der Waals surface area contributed by atoms with E-state index < -0.39 is 0 Å². The standard InChI is InChI=1S/C13H16N4O/c1-10-8-13(18)17(11-4-2-3-5-11)16(10)12-9-14-6-7-15-12/h6-9,11H,2-5H2,1H3. The Bertz CT molecular complexity index is 593. The van der Waals surface area contributed by atoms with E-state index in [1.807, 2.05) is 16.3 Å². The number of aromatic nitrogens is 4. The molecule has 0 spiro atoms. The molecule has 0 amide bonds. The maximum absolute atomic E-state index is 12.1. The van der Waals surface area contributed by atoms with Gasteiger partial charge in [0.1, 0.15) is 0 Å². The zero-order valence-electron chi connectivity index (χ0n) is 10.4. The van der Waals surface area contributed by atoms with Gasteiger partial charge in [-0.3, -0.25) is 9.78 Å². The molecule has 3 rings (SSSR count). The Balaban J connectivity index is 2.16. The zero-order valence-corrected chi connectivity index (χ0v) is 10.4. The second-order valence-corrected chi connectivity index (χ2v) is 4.78. The average molecular weight is 244 g/mol. The third kappa shape index (κ3) is 1.75. The number of rotatable bonds is 2. The van der Waals surface area contributed by atoms with Gasteiger partial charge < -0.3 is 0 Å². The molecule has 2 heterocycles. The third-order valence-corrected chi connectivity index (χ3v) is 3.54. The number of aryl methyl sites for hydroxylation is 1. The van der Waals surface area contributed by atoms with Crippen molar-refractivity contribution in [1.29, 1.82) is 0 Å². The first-order valence-corrected chi connectivity index (χ1v) is 6.35. The average Bonchev–Trinajstić information content (AvgIpc) is 2.97. The molecular formula is C13H16N4O. The summed E-state index contributed by atoms with van der Waals surface area (Å²) in [7, 11) is 0. The highest BCUT2D eigenvalue weighted by molar-refractivity contribution is 5.21. The Morgan fingerprint density at radius 3 is 2.72 bits per heavy atom. The van der Waals surface area contributed by atoms with Crippen molar-refractivity contribution < 1.29 is 0 Å². The molecule has 18 heavy (non-hydrogen) atoms. The lowest BCUT2D eigenvalue weighted by Gasteiger charge is -2.17. The lowest BCUT2D eigenvalue weighted by Crippen LogP contribution is -2.26. The number of hydrogen-bond acceptors (Lipinski definition) is 3. The van der Waals surface area contributed by atoms with Crippen LogP contribution in [0.2, 0.25) is 0 Å². The van der Waals surface area contributed by atoms with Gasteiger partial charge in [0.05, 0.1) is 12.2 Å². The SMILES string of the molecule is Cc1cc(=O)n(C2CCCC2)n1-c1cnccn1. The summed E-state index contributed by atoms with van der Waals surface area (Å²) in [5.74, 6) is 0.712. The van der Waals surface area contributed by atoms with Crippen LogP contribution >= 0.6 is 0 Å². The van der Waals surface area contributed by atoms with Crippen LogP contribution in [0.4, 0.5) is 0 Å². The molecule has 1 aliphatic rings. The molecule has 0 unspecified atom stereocenters.